The molecule has 0 radical (unpaired) electrons. The van der Waals surface area contributed by atoms with E-state index in [2.05, 4.69) is 35.1 Å². The average molecular weight is 268 g/mol. The van der Waals surface area contributed by atoms with Crippen molar-refractivity contribution in [1.29, 1.82) is 0 Å². The number of carbonyl (C=O) groups is 1. The Morgan fingerprint density at radius 3 is 2.93 bits per heavy atom. The number of hydrogen-bond donors (Lipinski definition) is 1. The summed E-state index contributed by atoms with van der Waals surface area (Å²) in [6.45, 7) is 4.19. The van der Waals surface area contributed by atoms with Crippen LogP contribution in [0.5, 0.6) is 0 Å². The number of halogens is 1. The molecule has 0 saturated heterocycles. The standard InChI is InChI=1S/C12H14BrNO/c1-3-12(2)7-11(15)9-6-8(13)4-5-10(9)14-12/h4-6,14H,3,7H2,1-2H3. The van der Waals surface area contributed by atoms with Crippen LogP contribution in [-0.4, -0.2) is 11.3 Å². The lowest BCUT2D eigenvalue weighted by molar-refractivity contribution is 0.0953. The lowest BCUT2D eigenvalue weighted by Gasteiger charge is -2.35. The van der Waals surface area contributed by atoms with Gasteiger partial charge in [-0.15, -0.1) is 0 Å². The van der Waals surface area contributed by atoms with Crippen LogP contribution in [0.25, 0.3) is 0 Å². The lowest BCUT2D eigenvalue weighted by atomic mass is 9.85. The van der Waals surface area contributed by atoms with Crippen molar-refractivity contribution in [3.05, 3.63) is 28.2 Å². The van der Waals surface area contributed by atoms with Gasteiger partial charge >= 0.3 is 0 Å². The molecule has 0 fully saturated rings. The topological polar surface area (TPSA) is 29.1 Å². The van der Waals surface area contributed by atoms with Gasteiger partial charge in [0, 0.05) is 27.7 Å². The second kappa shape index (κ2) is 3.63. The highest BCUT2D eigenvalue weighted by molar-refractivity contribution is 9.10. The van der Waals surface area contributed by atoms with Crippen molar-refractivity contribution >= 4 is 27.4 Å². The molecule has 80 valence electrons. The fourth-order valence-electron chi connectivity index (χ4n) is 1.89. The Morgan fingerprint density at radius 2 is 2.27 bits per heavy atom. The van der Waals surface area contributed by atoms with Crippen LogP contribution in [-0.2, 0) is 0 Å². The van der Waals surface area contributed by atoms with Crippen molar-refractivity contribution in [3.8, 4) is 0 Å². The molecule has 1 heterocycles. The van der Waals surface area contributed by atoms with Gasteiger partial charge in [-0.05, 0) is 31.5 Å². The zero-order valence-electron chi connectivity index (χ0n) is 8.93. The quantitative estimate of drug-likeness (QED) is 0.842. The molecule has 0 saturated carbocycles. The van der Waals surface area contributed by atoms with Crippen molar-refractivity contribution in [3.63, 3.8) is 0 Å². The number of anilines is 1. The highest BCUT2D eigenvalue weighted by Gasteiger charge is 2.32. The van der Waals surface area contributed by atoms with Gasteiger partial charge in [-0.1, -0.05) is 22.9 Å². The molecule has 0 aliphatic carbocycles. The van der Waals surface area contributed by atoms with Gasteiger partial charge in [0.25, 0.3) is 0 Å². The Bertz CT molecular complexity index is 416. The highest BCUT2D eigenvalue weighted by Crippen LogP contribution is 2.33. The molecule has 1 atom stereocenters. The molecule has 1 aromatic rings. The Labute approximate surface area is 98.2 Å². The molecule has 2 rings (SSSR count). The number of ketones is 1. The van der Waals surface area contributed by atoms with E-state index < -0.39 is 0 Å². The minimum absolute atomic E-state index is 0.0854. The molecule has 1 N–H and O–H groups in total. The zero-order valence-corrected chi connectivity index (χ0v) is 10.5. The summed E-state index contributed by atoms with van der Waals surface area (Å²) in [6, 6.07) is 5.81. The lowest BCUT2D eigenvalue weighted by Crippen LogP contribution is -2.40. The molecule has 0 spiro atoms. The van der Waals surface area contributed by atoms with Crippen LogP contribution in [0.15, 0.2) is 22.7 Å². The number of Topliss-reactive ketones (excluding diaryl/α,β-unsaturated/α-hetero) is 1. The number of fused-ring (bicyclic) bond motifs is 1. The third-order valence-electron chi connectivity index (χ3n) is 3.05. The molecule has 0 amide bonds. The first-order valence-electron chi connectivity index (χ1n) is 5.15. The zero-order chi connectivity index (χ0) is 11.1. The highest BCUT2D eigenvalue weighted by atomic mass is 79.9. The van der Waals surface area contributed by atoms with E-state index in [1.54, 1.807) is 0 Å². The summed E-state index contributed by atoms with van der Waals surface area (Å²) in [4.78, 5) is 12.0. The van der Waals surface area contributed by atoms with Crippen molar-refractivity contribution in [1.82, 2.24) is 0 Å². The van der Waals surface area contributed by atoms with Crippen LogP contribution in [0.3, 0.4) is 0 Å². The van der Waals surface area contributed by atoms with Crippen molar-refractivity contribution < 1.29 is 4.79 Å². The maximum absolute atomic E-state index is 12.0. The Balaban J connectivity index is 2.45. The number of hydrogen-bond acceptors (Lipinski definition) is 2. The van der Waals surface area contributed by atoms with Crippen molar-refractivity contribution in [2.24, 2.45) is 0 Å². The summed E-state index contributed by atoms with van der Waals surface area (Å²) in [5, 5.41) is 3.44. The third-order valence-corrected chi connectivity index (χ3v) is 3.54. The smallest absolute Gasteiger partial charge is 0.167 e. The predicted molar refractivity (Wildman–Crippen MR) is 65.4 cm³/mol. The predicted octanol–water partition coefficient (Wildman–Crippen LogP) is 3.62. The van der Waals surface area contributed by atoms with Gasteiger partial charge in [0.1, 0.15) is 0 Å². The first-order chi connectivity index (χ1) is 7.04. The van der Waals surface area contributed by atoms with Crippen LogP contribution in [0.2, 0.25) is 0 Å². The Hall–Kier alpha value is -0.830. The van der Waals surface area contributed by atoms with Crippen LogP contribution in [0, 0.1) is 0 Å². The normalized spacial score (nSPS) is 24.6. The van der Waals surface area contributed by atoms with Gasteiger partial charge in [-0.2, -0.15) is 0 Å². The molecule has 1 aliphatic heterocycles. The van der Waals surface area contributed by atoms with Gasteiger partial charge in [-0.3, -0.25) is 4.79 Å². The second-order valence-electron chi connectivity index (χ2n) is 4.33. The minimum atomic E-state index is -0.0854. The summed E-state index contributed by atoms with van der Waals surface area (Å²) in [5.41, 5.74) is 1.67. The molecule has 1 aromatic carbocycles. The maximum atomic E-state index is 12.0. The summed E-state index contributed by atoms with van der Waals surface area (Å²) >= 11 is 3.38. The van der Waals surface area contributed by atoms with Crippen LogP contribution in [0.4, 0.5) is 5.69 Å². The fraction of sp³-hybridized carbons (Fsp3) is 0.417. The molecule has 15 heavy (non-hydrogen) atoms. The summed E-state index contributed by atoms with van der Waals surface area (Å²) in [5.74, 6) is 0.231. The van der Waals surface area contributed by atoms with Crippen LogP contribution in [0.1, 0.15) is 37.0 Å². The Morgan fingerprint density at radius 1 is 1.53 bits per heavy atom. The first-order valence-corrected chi connectivity index (χ1v) is 5.94. The molecule has 3 heteroatoms. The van der Waals surface area contributed by atoms with Crippen molar-refractivity contribution in [2.75, 3.05) is 5.32 Å². The van der Waals surface area contributed by atoms with E-state index in [-0.39, 0.29) is 11.3 Å². The molecule has 2 nitrogen and oxygen atoms in total. The van der Waals surface area contributed by atoms with Gasteiger partial charge < -0.3 is 5.32 Å². The summed E-state index contributed by atoms with van der Waals surface area (Å²) in [7, 11) is 0. The molecular weight excluding hydrogens is 254 g/mol. The molecule has 1 aliphatic rings. The molecule has 1 unspecified atom stereocenters. The fourth-order valence-corrected chi connectivity index (χ4v) is 2.25. The molecule has 0 bridgehead atoms. The number of rotatable bonds is 1. The van der Waals surface area contributed by atoms with Crippen LogP contribution < -0.4 is 5.32 Å². The van der Waals surface area contributed by atoms with Gasteiger partial charge in [0.2, 0.25) is 0 Å². The Kier molecular flexibility index (Phi) is 2.59. The largest absolute Gasteiger partial charge is 0.379 e. The van der Waals surface area contributed by atoms with Crippen LogP contribution >= 0.6 is 15.9 Å². The second-order valence-corrected chi connectivity index (χ2v) is 5.24. The maximum Gasteiger partial charge on any atom is 0.167 e. The number of benzene rings is 1. The van der Waals surface area contributed by atoms with E-state index in [4.69, 9.17) is 0 Å². The summed E-state index contributed by atoms with van der Waals surface area (Å²) < 4.78 is 0.955. The molecule has 0 aromatic heterocycles. The average Bonchev–Trinajstić information content (AvgIpc) is 2.20. The van der Waals surface area contributed by atoms with E-state index in [0.717, 1.165) is 22.1 Å². The van der Waals surface area contributed by atoms with E-state index in [1.165, 1.54) is 0 Å². The van der Waals surface area contributed by atoms with E-state index in [1.807, 2.05) is 18.2 Å². The SMILES string of the molecule is CCC1(C)CC(=O)c2cc(Br)ccc2N1. The van der Waals surface area contributed by atoms with Gasteiger partial charge in [0.15, 0.2) is 5.78 Å². The van der Waals surface area contributed by atoms with E-state index >= 15 is 0 Å². The molecular formula is C12H14BrNO. The van der Waals surface area contributed by atoms with Gasteiger partial charge in [-0.25, -0.2) is 0 Å². The third kappa shape index (κ3) is 1.93. The van der Waals surface area contributed by atoms with Crippen molar-refractivity contribution in [2.45, 2.75) is 32.2 Å². The number of carbonyl (C=O) groups excluding carboxylic acids is 1. The minimum Gasteiger partial charge on any atom is -0.379 e. The first kappa shape index (κ1) is 10.7. The van der Waals surface area contributed by atoms with Gasteiger partial charge in [0.05, 0.1) is 0 Å². The summed E-state index contributed by atoms with van der Waals surface area (Å²) in [6.07, 6.45) is 1.53. The van der Waals surface area contributed by atoms with E-state index in [9.17, 15) is 4.79 Å². The monoisotopic (exact) mass is 267 g/mol. The van der Waals surface area contributed by atoms with E-state index in [0.29, 0.717) is 6.42 Å². The number of nitrogens with one attached hydrogen (secondary N) is 1.